The summed E-state index contributed by atoms with van der Waals surface area (Å²) in [5.74, 6) is 1.00. The summed E-state index contributed by atoms with van der Waals surface area (Å²) in [4.78, 5) is 21.8. The molecule has 1 spiro atoms. The molecule has 1 amide bonds. The van der Waals surface area contributed by atoms with Crippen molar-refractivity contribution in [3.63, 3.8) is 0 Å². The number of aryl methyl sites for hydroxylation is 1. The first kappa shape index (κ1) is 18.9. The van der Waals surface area contributed by atoms with E-state index in [1.165, 1.54) is 24.1 Å². The Labute approximate surface area is 163 Å². The van der Waals surface area contributed by atoms with Crippen LogP contribution in [-0.4, -0.2) is 60.1 Å². The zero-order valence-corrected chi connectivity index (χ0v) is 16.7. The number of carbonyl (C=O) groups is 1. The Morgan fingerprint density at radius 1 is 1.22 bits per heavy atom. The van der Waals surface area contributed by atoms with E-state index in [1.54, 1.807) is 0 Å². The van der Waals surface area contributed by atoms with E-state index in [1.807, 2.05) is 12.3 Å². The highest BCUT2D eigenvalue weighted by Crippen LogP contribution is 2.41. The highest BCUT2D eigenvalue weighted by Gasteiger charge is 2.41. The molecular weight excluding hydrogens is 338 g/mol. The van der Waals surface area contributed by atoms with Gasteiger partial charge in [-0.25, -0.2) is 0 Å². The molecule has 27 heavy (non-hydrogen) atoms. The Kier molecular flexibility index (Phi) is 5.79. The monoisotopic (exact) mass is 371 g/mol. The summed E-state index contributed by atoms with van der Waals surface area (Å²) < 4.78 is 5.48. The van der Waals surface area contributed by atoms with Gasteiger partial charge >= 0.3 is 0 Å². The SMILES string of the molecule is Cc1cccnc1CN1CCC2(CCC(=O)N(CC3CCOCC3)C2)CC1. The summed E-state index contributed by atoms with van der Waals surface area (Å²) in [7, 11) is 0. The van der Waals surface area contributed by atoms with Crippen LogP contribution in [0.25, 0.3) is 0 Å². The third kappa shape index (κ3) is 4.52. The molecule has 3 aliphatic heterocycles. The lowest BCUT2D eigenvalue weighted by atomic mass is 9.72. The van der Waals surface area contributed by atoms with Crippen molar-refractivity contribution in [2.24, 2.45) is 11.3 Å². The van der Waals surface area contributed by atoms with Gasteiger partial charge in [0.05, 0.1) is 5.69 Å². The average Bonchev–Trinajstić information content (AvgIpc) is 2.69. The maximum absolute atomic E-state index is 12.5. The zero-order chi connectivity index (χ0) is 18.7. The molecule has 3 fully saturated rings. The molecule has 3 saturated heterocycles. The summed E-state index contributed by atoms with van der Waals surface area (Å²) in [6.45, 7) is 8.98. The molecular formula is C22H33N3O2. The molecule has 0 aliphatic carbocycles. The van der Waals surface area contributed by atoms with E-state index in [2.05, 4.69) is 27.8 Å². The summed E-state index contributed by atoms with van der Waals surface area (Å²) >= 11 is 0. The van der Waals surface area contributed by atoms with Gasteiger partial charge in [-0.2, -0.15) is 0 Å². The molecule has 3 aliphatic rings. The minimum Gasteiger partial charge on any atom is -0.381 e. The van der Waals surface area contributed by atoms with E-state index >= 15 is 0 Å². The van der Waals surface area contributed by atoms with Crippen LogP contribution in [0.5, 0.6) is 0 Å². The molecule has 0 radical (unpaired) electrons. The van der Waals surface area contributed by atoms with Gasteiger partial charge in [-0.05, 0) is 75.1 Å². The molecule has 148 valence electrons. The Balaban J connectivity index is 1.32. The predicted octanol–water partition coefficient (Wildman–Crippen LogP) is 3.02. The van der Waals surface area contributed by atoms with Gasteiger partial charge in [-0.15, -0.1) is 0 Å². The fourth-order valence-electron chi connectivity index (χ4n) is 5.00. The first-order valence-corrected chi connectivity index (χ1v) is 10.6. The first-order valence-electron chi connectivity index (χ1n) is 10.6. The average molecular weight is 372 g/mol. The van der Waals surface area contributed by atoms with Crippen molar-refractivity contribution < 1.29 is 9.53 Å². The molecule has 0 aromatic carbocycles. The molecule has 0 N–H and O–H groups in total. The highest BCUT2D eigenvalue weighted by atomic mass is 16.5. The second kappa shape index (κ2) is 8.27. The maximum Gasteiger partial charge on any atom is 0.222 e. The number of hydrogen-bond acceptors (Lipinski definition) is 4. The number of pyridine rings is 1. The molecule has 5 nitrogen and oxygen atoms in total. The summed E-state index contributed by atoms with van der Waals surface area (Å²) in [5.41, 5.74) is 2.83. The Morgan fingerprint density at radius 3 is 2.74 bits per heavy atom. The minimum absolute atomic E-state index is 0.342. The normalized spacial score (nSPS) is 24.5. The highest BCUT2D eigenvalue weighted by molar-refractivity contribution is 5.77. The van der Waals surface area contributed by atoms with Gasteiger partial charge in [0.15, 0.2) is 0 Å². The van der Waals surface area contributed by atoms with Crippen molar-refractivity contribution in [1.82, 2.24) is 14.8 Å². The molecule has 0 atom stereocenters. The lowest BCUT2D eigenvalue weighted by molar-refractivity contribution is -0.140. The van der Waals surface area contributed by atoms with E-state index in [9.17, 15) is 4.79 Å². The number of piperidine rings is 2. The van der Waals surface area contributed by atoms with Crippen LogP contribution in [0.15, 0.2) is 18.3 Å². The van der Waals surface area contributed by atoms with Crippen LogP contribution in [0.4, 0.5) is 0 Å². The van der Waals surface area contributed by atoms with Crippen molar-refractivity contribution in [1.29, 1.82) is 0 Å². The predicted molar refractivity (Wildman–Crippen MR) is 105 cm³/mol. The van der Waals surface area contributed by atoms with Crippen LogP contribution < -0.4 is 0 Å². The fraction of sp³-hybridized carbons (Fsp3) is 0.727. The summed E-state index contributed by atoms with van der Waals surface area (Å²) in [6, 6.07) is 4.16. The van der Waals surface area contributed by atoms with Gasteiger partial charge in [-0.1, -0.05) is 6.07 Å². The molecule has 4 heterocycles. The molecule has 0 unspecified atom stereocenters. The maximum atomic E-state index is 12.5. The number of hydrogen-bond donors (Lipinski definition) is 0. The van der Waals surface area contributed by atoms with E-state index in [4.69, 9.17) is 4.74 Å². The second-order valence-electron chi connectivity index (χ2n) is 8.87. The molecule has 0 bridgehead atoms. The molecule has 1 aromatic rings. The van der Waals surface area contributed by atoms with E-state index in [0.29, 0.717) is 17.2 Å². The van der Waals surface area contributed by atoms with Gasteiger partial charge in [0.2, 0.25) is 5.91 Å². The lowest BCUT2D eigenvalue weighted by Gasteiger charge is -2.48. The van der Waals surface area contributed by atoms with E-state index < -0.39 is 0 Å². The van der Waals surface area contributed by atoms with Gasteiger partial charge in [0.25, 0.3) is 0 Å². The van der Waals surface area contributed by atoms with Gasteiger partial charge in [0.1, 0.15) is 0 Å². The van der Waals surface area contributed by atoms with Gasteiger partial charge < -0.3 is 9.64 Å². The number of ether oxygens (including phenoxy) is 1. The van der Waals surface area contributed by atoms with Gasteiger partial charge in [-0.3, -0.25) is 14.7 Å². The molecule has 0 saturated carbocycles. The second-order valence-corrected chi connectivity index (χ2v) is 8.87. The molecule has 4 rings (SSSR count). The number of carbonyl (C=O) groups excluding carboxylic acids is 1. The lowest BCUT2D eigenvalue weighted by Crippen LogP contribution is -2.52. The smallest absolute Gasteiger partial charge is 0.222 e. The van der Waals surface area contributed by atoms with Crippen LogP contribution in [0, 0.1) is 18.3 Å². The largest absolute Gasteiger partial charge is 0.381 e. The van der Waals surface area contributed by atoms with Crippen molar-refractivity contribution in [2.75, 3.05) is 39.4 Å². The number of nitrogens with zero attached hydrogens (tertiary/aromatic N) is 3. The van der Waals surface area contributed by atoms with E-state index in [0.717, 1.165) is 71.6 Å². The van der Waals surface area contributed by atoms with Crippen LogP contribution >= 0.6 is 0 Å². The number of aromatic nitrogens is 1. The van der Waals surface area contributed by atoms with Crippen molar-refractivity contribution in [3.05, 3.63) is 29.6 Å². The zero-order valence-electron chi connectivity index (χ0n) is 16.7. The van der Waals surface area contributed by atoms with Crippen LogP contribution in [0.2, 0.25) is 0 Å². The van der Waals surface area contributed by atoms with E-state index in [-0.39, 0.29) is 0 Å². The number of amides is 1. The van der Waals surface area contributed by atoms with Crippen molar-refractivity contribution in [2.45, 2.75) is 52.0 Å². The van der Waals surface area contributed by atoms with Crippen molar-refractivity contribution >= 4 is 5.91 Å². The summed E-state index contributed by atoms with van der Waals surface area (Å²) in [6.07, 6.45) is 8.33. The molecule has 5 heteroatoms. The van der Waals surface area contributed by atoms with Gasteiger partial charge in [0, 0.05) is 45.5 Å². The van der Waals surface area contributed by atoms with Crippen molar-refractivity contribution in [3.8, 4) is 0 Å². The Morgan fingerprint density at radius 2 is 2.00 bits per heavy atom. The molecule has 1 aromatic heterocycles. The Bertz CT molecular complexity index is 649. The number of likely N-dealkylation sites (tertiary alicyclic amines) is 2. The minimum atomic E-state index is 0.342. The third-order valence-electron chi connectivity index (χ3n) is 6.98. The summed E-state index contributed by atoms with van der Waals surface area (Å²) in [5, 5.41) is 0. The Hall–Kier alpha value is -1.46. The standard InChI is InChI=1S/C22H33N3O2/c1-18-3-2-10-23-20(18)16-24-11-8-22(9-12-24)7-4-21(26)25(17-22)15-19-5-13-27-14-6-19/h2-3,10,19H,4-9,11-17H2,1H3. The fourth-order valence-corrected chi connectivity index (χ4v) is 5.00. The first-order chi connectivity index (χ1) is 13.1. The van der Waals surface area contributed by atoms with Crippen LogP contribution in [0.1, 0.15) is 49.8 Å². The van der Waals surface area contributed by atoms with Crippen LogP contribution in [-0.2, 0) is 16.1 Å². The topological polar surface area (TPSA) is 45.7 Å². The third-order valence-corrected chi connectivity index (χ3v) is 6.98. The van der Waals surface area contributed by atoms with Crippen LogP contribution in [0.3, 0.4) is 0 Å². The number of rotatable bonds is 4. The quantitative estimate of drug-likeness (QED) is 0.816.